The minimum Gasteiger partial charge on any atom is -0.324 e. The highest BCUT2D eigenvalue weighted by molar-refractivity contribution is 6.01. The van der Waals surface area contributed by atoms with Crippen LogP contribution in [0.4, 0.5) is 5.82 Å². The molecule has 74 valence electrons. The molecule has 0 fully saturated rings. The predicted octanol–water partition coefficient (Wildman–Crippen LogP) is -0.711. The summed E-state index contributed by atoms with van der Waals surface area (Å²) >= 11 is 0. The molecule has 0 spiro atoms. The number of anilines is 1. The summed E-state index contributed by atoms with van der Waals surface area (Å²) in [5, 5.41) is 2.65. The van der Waals surface area contributed by atoms with Gasteiger partial charge in [0, 0.05) is 13.2 Å². The van der Waals surface area contributed by atoms with Crippen molar-refractivity contribution in [3.63, 3.8) is 0 Å². The third kappa shape index (κ3) is 1.12. The molecule has 1 atom stereocenters. The molecule has 0 aliphatic carbocycles. The Morgan fingerprint density at radius 3 is 3.07 bits per heavy atom. The van der Waals surface area contributed by atoms with Gasteiger partial charge in [-0.25, -0.2) is 9.97 Å². The molecule has 1 amide bonds. The molecular weight excluding hydrogens is 182 g/mol. The van der Waals surface area contributed by atoms with E-state index >= 15 is 0 Å². The zero-order chi connectivity index (χ0) is 10.3. The Bertz CT molecular complexity index is 389. The summed E-state index contributed by atoms with van der Waals surface area (Å²) in [5.41, 5.74) is 6.30. The largest absolute Gasteiger partial charge is 0.324 e. The molecule has 1 unspecified atom stereocenters. The van der Waals surface area contributed by atoms with E-state index in [0.29, 0.717) is 11.4 Å². The number of hydrogen-bond acceptors (Lipinski definition) is 5. The van der Waals surface area contributed by atoms with E-state index in [1.165, 1.54) is 12.5 Å². The van der Waals surface area contributed by atoms with Crippen molar-refractivity contribution in [3.05, 3.63) is 18.1 Å². The maximum Gasteiger partial charge on any atom is 0.259 e. The number of hydrogen-bond donors (Lipinski definition) is 2. The van der Waals surface area contributed by atoms with Crippen molar-refractivity contribution in [2.24, 2.45) is 5.73 Å². The van der Waals surface area contributed by atoms with Gasteiger partial charge in [0.2, 0.25) is 0 Å². The lowest BCUT2D eigenvalue weighted by molar-refractivity contribution is 0.0893. The number of rotatable bonds is 0. The van der Waals surface area contributed by atoms with Gasteiger partial charge in [0.1, 0.15) is 17.7 Å². The van der Waals surface area contributed by atoms with E-state index in [1.807, 2.05) is 0 Å². The Hall–Kier alpha value is -1.69. The number of aromatic nitrogens is 2. The van der Waals surface area contributed by atoms with Gasteiger partial charge in [-0.1, -0.05) is 0 Å². The first-order valence-corrected chi connectivity index (χ1v) is 4.17. The van der Waals surface area contributed by atoms with Crippen molar-refractivity contribution in [1.82, 2.24) is 15.3 Å². The van der Waals surface area contributed by atoms with Crippen LogP contribution in [-0.4, -0.2) is 28.7 Å². The van der Waals surface area contributed by atoms with Crippen LogP contribution in [0, 0.1) is 0 Å². The van der Waals surface area contributed by atoms with Crippen molar-refractivity contribution in [3.8, 4) is 0 Å². The molecule has 0 saturated heterocycles. The second kappa shape index (κ2) is 2.65. The topological polar surface area (TPSA) is 84.1 Å². The van der Waals surface area contributed by atoms with E-state index in [2.05, 4.69) is 15.3 Å². The lowest BCUT2D eigenvalue weighted by Gasteiger charge is -2.40. The first-order valence-electron chi connectivity index (χ1n) is 4.17. The van der Waals surface area contributed by atoms with Gasteiger partial charge < -0.3 is 10.2 Å². The molecule has 6 nitrogen and oxygen atoms in total. The van der Waals surface area contributed by atoms with Gasteiger partial charge in [-0.3, -0.25) is 10.5 Å². The van der Waals surface area contributed by atoms with E-state index in [-0.39, 0.29) is 5.91 Å². The second-order valence-corrected chi connectivity index (χ2v) is 3.42. The van der Waals surface area contributed by atoms with Crippen molar-refractivity contribution in [1.29, 1.82) is 0 Å². The number of carbonyl (C=O) groups excluding carboxylic acids is 1. The fourth-order valence-corrected chi connectivity index (χ4v) is 1.35. The molecule has 2 rings (SSSR count). The quantitative estimate of drug-likeness (QED) is 0.568. The molecular formula is C8H11N5O. The van der Waals surface area contributed by atoms with Gasteiger partial charge in [0.15, 0.2) is 5.79 Å². The highest BCUT2D eigenvalue weighted by Gasteiger charge is 2.35. The summed E-state index contributed by atoms with van der Waals surface area (Å²) in [5.74, 6) is -0.601. The van der Waals surface area contributed by atoms with Crippen molar-refractivity contribution in [2.75, 3.05) is 11.9 Å². The Balaban J connectivity index is 2.57. The first-order chi connectivity index (χ1) is 6.52. The summed E-state index contributed by atoms with van der Waals surface area (Å²) in [7, 11) is 1.77. The van der Waals surface area contributed by atoms with Crippen LogP contribution in [-0.2, 0) is 0 Å². The zero-order valence-corrected chi connectivity index (χ0v) is 7.98. The highest BCUT2D eigenvalue weighted by atomic mass is 16.2. The molecule has 1 aliphatic heterocycles. The summed E-state index contributed by atoms with van der Waals surface area (Å²) in [6.07, 6.45) is 2.87. The maximum atomic E-state index is 11.5. The van der Waals surface area contributed by atoms with Crippen molar-refractivity contribution < 1.29 is 4.79 Å². The van der Waals surface area contributed by atoms with Gasteiger partial charge in [-0.2, -0.15) is 0 Å². The van der Waals surface area contributed by atoms with Gasteiger partial charge in [0.05, 0.1) is 0 Å². The molecule has 1 aliphatic rings. The maximum absolute atomic E-state index is 11.5. The highest BCUT2D eigenvalue weighted by Crippen LogP contribution is 2.23. The van der Waals surface area contributed by atoms with Crippen LogP contribution in [0.25, 0.3) is 0 Å². The number of fused-ring (bicyclic) bond motifs is 1. The third-order valence-electron chi connectivity index (χ3n) is 2.32. The SMILES string of the molecule is CN1c2ncncc2C(=O)NC1(C)N. The zero-order valence-electron chi connectivity index (χ0n) is 7.98. The fraction of sp³-hybridized carbons (Fsp3) is 0.375. The normalized spacial score (nSPS) is 25.6. The van der Waals surface area contributed by atoms with Gasteiger partial charge >= 0.3 is 0 Å². The molecule has 0 saturated carbocycles. The molecule has 0 radical (unpaired) electrons. The smallest absolute Gasteiger partial charge is 0.259 e. The second-order valence-electron chi connectivity index (χ2n) is 3.42. The Kier molecular flexibility index (Phi) is 1.68. The lowest BCUT2D eigenvalue weighted by atomic mass is 10.1. The van der Waals surface area contributed by atoms with E-state index in [0.717, 1.165) is 0 Å². The number of carbonyl (C=O) groups is 1. The van der Waals surface area contributed by atoms with Crippen molar-refractivity contribution >= 4 is 11.7 Å². The van der Waals surface area contributed by atoms with E-state index in [1.54, 1.807) is 18.9 Å². The van der Waals surface area contributed by atoms with Crippen LogP contribution < -0.4 is 16.0 Å². The van der Waals surface area contributed by atoms with Crippen LogP contribution in [0.2, 0.25) is 0 Å². The summed E-state index contributed by atoms with van der Waals surface area (Å²) < 4.78 is 0. The van der Waals surface area contributed by atoms with E-state index in [9.17, 15) is 4.79 Å². The average molecular weight is 193 g/mol. The van der Waals surface area contributed by atoms with E-state index < -0.39 is 5.79 Å². The summed E-state index contributed by atoms with van der Waals surface area (Å²) in [4.78, 5) is 21.1. The molecule has 1 aromatic heterocycles. The number of nitrogens with two attached hydrogens (primary N) is 1. The summed E-state index contributed by atoms with van der Waals surface area (Å²) in [6, 6.07) is 0. The minimum atomic E-state index is -0.904. The van der Waals surface area contributed by atoms with Crippen LogP contribution in [0.3, 0.4) is 0 Å². The van der Waals surface area contributed by atoms with Crippen LogP contribution in [0.5, 0.6) is 0 Å². The first kappa shape index (κ1) is 8.89. The van der Waals surface area contributed by atoms with Crippen LogP contribution in [0.15, 0.2) is 12.5 Å². The minimum absolute atomic E-state index is 0.247. The Labute approximate surface area is 81.1 Å². The average Bonchev–Trinajstić information content (AvgIpc) is 2.14. The molecule has 1 aromatic rings. The molecule has 0 bridgehead atoms. The summed E-state index contributed by atoms with van der Waals surface area (Å²) in [6.45, 7) is 1.70. The van der Waals surface area contributed by atoms with E-state index in [4.69, 9.17) is 5.73 Å². The Morgan fingerprint density at radius 1 is 1.64 bits per heavy atom. The Morgan fingerprint density at radius 2 is 2.36 bits per heavy atom. The van der Waals surface area contributed by atoms with Crippen molar-refractivity contribution in [2.45, 2.75) is 12.7 Å². The number of nitrogens with zero attached hydrogens (tertiary/aromatic N) is 3. The van der Waals surface area contributed by atoms with Gasteiger partial charge in [0.25, 0.3) is 5.91 Å². The standard InChI is InChI=1S/C8H11N5O/c1-8(9)12-7(14)5-3-10-4-11-6(5)13(8)2/h3-4H,9H2,1-2H3,(H,12,14). The van der Waals surface area contributed by atoms with Gasteiger partial charge in [-0.05, 0) is 6.92 Å². The third-order valence-corrected chi connectivity index (χ3v) is 2.32. The molecule has 2 heterocycles. The molecule has 14 heavy (non-hydrogen) atoms. The number of amides is 1. The fourth-order valence-electron chi connectivity index (χ4n) is 1.35. The van der Waals surface area contributed by atoms with Crippen LogP contribution in [0.1, 0.15) is 17.3 Å². The molecule has 0 aromatic carbocycles. The van der Waals surface area contributed by atoms with Crippen LogP contribution >= 0.6 is 0 Å². The molecule has 6 heteroatoms. The lowest BCUT2D eigenvalue weighted by Crippen LogP contribution is -2.67. The number of nitrogens with one attached hydrogen (secondary N) is 1. The predicted molar refractivity (Wildman–Crippen MR) is 50.5 cm³/mol. The monoisotopic (exact) mass is 193 g/mol. The molecule has 3 N–H and O–H groups in total. The van der Waals surface area contributed by atoms with Gasteiger partial charge in [-0.15, -0.1) is 0 Å².